The Bertz CT molecular complexity index is 1890. The Morgan fingerprint density at radius 2 is 1.50 bits per heavy atom. The number of aryl methyl sites for hydroxylation is 1. The molecule has 0 amide bonds. The lowest BCUT2D eigenvalue weighted by Gasteiger charge is -2.43. The number of fused-ring (bicyclic) bond motifs is 1. The first kappa shape index (κ1) is 34.8. The minimum absolute atomic E-state index is 0.129. The number of carbonyl (C=O) groups excluding carboxylic acids is 1. The standard InChI is InChI=1S/C38H44N2O6SSi/c1-27-17-23-31(24-18-27)47(42,43)39-25-34(28-13-10-9-11-14-28)40-32(29-19-21-30(44-5)22-20-29)15-12-16-33(40)36(37(41)45-6)35(26-39)46-48(7,8)38(2,3)4/h9-25,33H,26H2,1-8H3/b34-25-,36-35-. The number of methoxy groups -OCH3 is 2. The summed E-state index contributed by atoms with van der Waals surface area (Å²) < 4.78 is 48.3. The zero-order valence-electron chi connectivity index (χ0n) is 28.9. The smallest absolute Gasteiger partial charge is 0.339 e. The van der Waals surface area contributed by atoms with Crippen molar-refractivity contribution in [3.8, 4) is 5.75 Å². The Balaban J connectivity index is 1.85. The summed E-state index contributed by atoms with van der Waals surface area (Å²) in [5, 5.41) is -0.244. The number of hydrogen-bond acceptors (Lipinski definition) is 7. The van der Waals surface area contributed by atoms with Crippen LogP contribution < -0.4 is 4.74 Å². The summed E-state index contributed by atoms with van der Waals surface area (Å²) in [5.41, 5.74) is 4.12. The van der Waals surface area contributed by atoms with Crippen LogP contribution in [0.5, 0.6) is 5.75 Å². The maximum Gasteiger partial charge on any atom is 0.339 e. The molecule has 0 radical (unpaired) electrons. The van der Waals surface area contributed by atoms with E-state index in [2.05, 4.69) is 33.9 Å². The summed E-state index contributed by atoms with van der Waals surface area (Å²) in [6.45, 7) is 12.2. The predicted molar refractivity (Wildman–Crippen MR) is 193 cm³/mol. The minimum atomic E-state index is -4.14. The summed E-state index contributed by atoms with van der Waals surface area (Å²) in [6, 6.07) is 23.3. The van der Waals surface area contributed by atoms with Gasteiger partial charge in [-0.1, -0.05) is 81.0 Å². The minimum Gasteiger partial charge on any atom is -0.545 e. The lowest BCUT2D eigenvalue weighted by molar-refractivity contribution is -0.136. The van der Waals surface area contributed by atoms with Gasteiger partial charge in [0, 0.05) is 11.9 Å². The van der Waals surface area contributed by atoms with Crippen molar-refractivity contribution in [2.75, 3.05) is 20.8 Å². The molecule has 0 spiro atoms. The van der Waals surface area contributed by atoms with Crippen molar-refractivity contribution < 1.29 is 27.1 Å². The number of ether oxygens (including phenoxy) is 2. The van der Waals surface area contributed by atoms with Gasteiger partial charge in [-0.05, 0) is 78.7 Å². The van der Waals surface area contributed by atoms with Crippen LogP contribution in [-0.4, -0.2) is 58.7 Å². The second-order valence-corrected chi connectivity index (χ2v) is 20.0. The molecule has 1 atom stereocenters. The number of sulfonamides is 1. The van der Waals surface area contributed by atoms with E-state index in [1.807, 2.05) is 84.6 Å². The number of hydrogen-bond donors (Lipinski definition) is 0. The highest BCUT2D eigenvalue weighted by Gasteiger charge is 2.44. The van der Waals surface area contributed by atoms with Gasteiger partial charge in [-0.2, -0.15) is 0 Å². The molecule has 2 aliphatic heterocycles. The van der Waals surface area contributed by atoms with E-state index in [9.17, 15) is 13.2 Å². The van der Waals surface area contributed by atoms with Crippen LogP contribution in [0, 0.1) is 6.92 Å². The van der Waals surface area contributed by atoms with E-state index in [1.165, 1.54) is 11.4 Å². The highest BCUT2D eigenvalue weighted by atomic mass is 32.2. The van der Waals surface area contributed by atoms with Crippen LogP contribution >= 0.6 is 0 Å². The van der Waals surface area contributed by atoms with E-state index in [0.29, 0.717) is 11.4 Å². The van der Waals surface area contributed by atoms with E-state index < -0.39 is 30.4 Å². The molecular formula is C38H44N2O6SSi. The van der Waals surface area contributed by atoms with Crippen molar-refractivity contribution >= 4 is 35.7 Å². The molecule has 0 saturated heterocycles. The molecule has 2 heterocycles. The van der Waals surface area contributed by atoms with Gasteiger partial charge in [0.1, 0.15) is 17.1 Å². The molecule has 0 saturated carbocycles. The van der Waals surface area contributed by atoms with Crippen LogP contribution in [0.3, 0.4) is 0 Å². The maximum atomic E-state index is 14.6. The van der Waals surface area contributed by atoms with Crippen molar-refractivity contribution in [3.05, 3.63) is 131 Å². The summed E-state index contributed by atoms with van der Waals surface area (Å²) in [6.07, 6.45) is 7.46. The lowest BCUT2D eigenvalue weighted by Crippen LogP contribution is -2.46. The summed E-state index contributed by atoms with van der Waals surface area (Å²) >= 11 is 0. The summed E-state index contributed by atoms with van der Waals surface area (Å²) in [5.74, 6) is 0.369. The van der Waals surface area contributed by atoms with Gasteiger partial charge in [-0.25, -0.2) is 13.2 Å². The molecule has 3 aromatic rings. The molecule has 8 nitrogen and oxygen atoms in total. The number of carbonyl (C=O) groups is 1. The number of rotatable bonds is 8. The van der Waals surface area contributed by atoms with Crippen LogP contribution in [-0.2, 0) is 24.0 Å². The molecule has 5 rings (SSSR count). The van der Waals surface area contributed by atoms with Gasteiger partial charge in [0.05, 0.1) is 37.4 Å². The van der Waals surface area contributed by atoms with E-state index in [1.54, 1.807) is 37.6 Å². The fourth-order valence-electron chi connectivity index (χ4n) is 5.42. The Labute approximate surface area is 285 Å². The monoisotopic (exact) mass is 684 g/mol. The number of allylic oxidation sites excluding steroid dienone is 2. The highest BCUT2D eigenvalue weighted by Crippen LogP contribution is 2.43. The Morgan fingerprint density at radius 3 is 2.08 bits per heavy atom. The second kappa shape index (κ2) is 13.5. The van der Waals surface area contributed by atoms with Crippen LogP contribution in [0.15, 0.2) is 120 Å². The first-order valence-corrected chi connectivity index (χ1v) is 20.2. The highest BCUT2D eigenvalue weighted by molar-refractivity contribution is 7.89. The Kier molecular flexibility index (Phi) is 9.80. The quantitative estimate of drug-likeness (QED) is 0.177. The topological polar surface area (TPSA) is 85.4 Å². The Morgan fingerprint density at radius 1 is 0.875 bits per heavy atom. The van der Waals surface area contributed by atoms with E-state index in [4.69, 9.17) is 13.9 Å². The van der Waals surface area contributed by atoms with Crippen LogP contribution in [0.25, 0.3) is 11.4 Å². The van der Waals surface area contributed by atoms with Gasteiger partial charge in [0.25, 0.3) is 10.0 Å². The zero-order valence-corrected chi connectivity index (χ0v) is 30.7. The number of esters is 1. The fourth-order valence-corrected chi connectivity index (χ4v) is 7.79. The molecule has 0 bridgehead atoms. The summed E-state index contributed by atoms with van der Waals surface area (Å²) in [4.78, 5) is 16.2. The first-order chi connectivity index (χ1) is 22.7. The van der Waals surface area contributed by atoms with Crippen LogP contribution in [0.2, 0.25) is 18.1 Å². The normalized spacial score (nSPS) is 19.7. The molecule has 1 unspecified atom stereocenters. The molecule has 0 fully saturated rings. The molecule has 48 heavy (non-hydrogen) atoms. The first-order valence-electron chi connectivity index (χ1n) is 15.9. The van der Waals surface area contributed by atoms with Gasteiger partial charge in [-0.3, -0.25) is 4.31 Å². The van der Waals surface area contributed by atoms with E-state index >= 15 is 0 Å². The molecule has 252 valence electrons. The van der Waals surface area contributed by atoms with Gasteiger partial charge in [0.2, 0.25) is 8.32 Å². The molecular weight excluding hydrogens is 641 g/mol. The van der Waals surface area contributed by atoms with Gasteiger partial charge in [-0.15, -0.1) is 0 Å². The van der Waals surface area contributed by atoms with E-state index in [0.717, 1.165) is 22.4 Å². The Hall–Kier alpha value is -4.54. The molecule has 3 aromatic carbocycles. The average Bonchev–Trinajstić information content (AvgIpc) is 3.05. The van der Waals surface area contributed by atoms with Crippen molar-refractivity contribution in [3.63, 3.8) is 0 Å². The van der Waals surface area contributed by atoms with Crippen molar-refractivity contribution in [2.24, 2.45) is 0 Å². The van der Waals surface area contributed by atoms with Gasteiger partial charge >= 0.3 is 5.97 Å². The molecule has 0 N–H and O–H groups in total. The SMILES string of the molecule is COC(=O)/C1=C(\O[Si](C)(C)C(C)(C)C)CN(S(=O)(=O)c2ccc(C)cc2)/C=C(/c2ccccc2)N2C(c3ccc(OC)cc3)=CC=CC12. The molecule has 2 aliphatic rings. The molecule has 10 heteroatoms. The van der Waals surface area contributed by atoms with Crippen molar-refractivity contribution in [1.82, 2.24) is 9.21 Å². The van der Waals surface area contributed by atoms with Crippen molar-refractivity contribution in [2.45, 2.75) is 56.8 Å². The van der Waals surface area contributed by atoms with Crippen LogP contribution in [0.1, 0.15) is 37.5 Å². The van der Waals surface area contributed by atoms with Gasteiger partial charge in [0.15, 0.2) is 0 Å². The fraction of sp³-hybridized carbons (Fsp3) is 0.289. The lowest BCUT2D eigenvalue weighted by atomic mass is 9.94. The average molecular weight is 685 g/mol. The number of nitrogens with zero attached hydrogens (tertiary/aromatic N) is 2. The van der Waals surface area contributed by atoms with E-state index in [-0.39, 0.29) is 27.8 Å². The third-order valence-corrected chi connectivity index (χ3v) is 15.3. The second-order valence-electron chi connectivity index (χ2n) is 13.4. The predicted octanol–water partition coefficient (Wildman–Crippen LogP) is 7.74. The zero-order chi connectivity index (χ0) is 34.9. The van der Waals surface area contributed by atoms with Crippen LogP contribution in [0.4, 0.5) is 0 Å². The van der Waals surface area contributed by atoms with Crippen molar-refractivity contribution in [1.29, 1.82) is 0 Å². The van der Waals surface area contributed by atoms with Gasteiger partial charge < -0.3 is 18.8 Å². The third-order valence-electron chi connectivity index (χ3n) is 9.18. The number of benzene rings is 3. The summed E-state index contributed by atoms with van der Waals surface area (Å²) in [7, 11) is -3.81. The largest absolute Gasteiger partial charge is 0.545 e. The molecule has 0 aromatic heterocycles. The molecule has 0 aliphatic carbocycles. The third kappa shape index (κ3) is 6.86. The maximum absolute atomic E-state index is 14.6.